The Kier molecular flexibility index (Phi) is 19.6. The molecule has 0 saturated heterocycles. The Hall–Kier alpha value is -17.8. The standard InChI is InChI=1S/4C30H17N3S/c31-18-20-8-6-12-25(32-20)19-7-5-9-21(17-19)33-26-13-3-1-11-24(26)29-27(33)16-15-23-22-10-2-4-14-28(22)34-30(23)29;31-18-20-8-6-16-32-29(20)19-7-5-9-21(17-19)33-25-12-3-1-11-24(25)28-26(33)15-14-23-22-10-2-4-13-27(22)34-30(23)28;31-17-19-12-14-25(32-18-19)20-6-5-7-21(16-20)33-26-10-3-1-9-24(26)29-27(33)15-13-23-22-8-2-4-11-28(22)34-30(23)29;31-18-19-14-15-32-25(16-19)20-6-5-7-21(17-20)33-26-10-3-1-9-24(26)29-27(33)13-12-23-22-8-2-4-11-28(22)34-30(23)29/h2*1-17H;1-16,18H;1-17H. The molecule has 12 heterocycles. The molecule has 0 spiro atoms. The SMILES string of the molecule is N#Cc1ccc(-c2cccc(-n3c4ccccc4c4c5sc6ccccc6c5ccc43)c2)nc1.N#Cc1cccc(-c2cccc(-n3c4ccccc4c4c5sc6ccccc6c5ccc43)c2)n1.N#Cc1cccnc1-c1cccc(-n2c3ccccc3c3c4sc5ccccc5c4ccc32)c1.N#Cc1ccnc(-c2cccc(-n3c4ccccc4c4c5sc6ccccc6c5ccc43)c2)c1. The van der Waals surface area contributed by atoms with E-state index in [4.69, 9.17) is 5.26 Å². The summed E-state index contributed by atoms with van der Waals surface area (Å²) in [5, 5.41) is 57.9. The van der Waals surface area contributed by atoms with Crippen LogP contribution in [0.15, 0.2) is 413 Å². The van der Waals surface area contributed by atoms with Crippen molar-refractivity contribution in [1.82, 2.24) is 38.2 Å². The number of aromatic nitrogens is 8. The van der Waals surface area contributed by atoms with Gasteiger partial charge in [0.25, 0.3) is 0 Å². The van der Waals surface area contributed by atoms with E-state index in [0.29, 0.717) is 28.1 Å². The molecule has 28 rings (SSSR count). The Morgan fingerprint density at radius 1 is 0.221 bits per heavy atom. The molecule has 12 nitrogen and oxygen atoms in total. The number of hydrogen-bond donors (Lipinski definition) is 0. The summed E-state index contributed by atoms with van der Waals surface area (Å²) in [5.41, 5.74) is 23.0. The van der Waals surface area contributed by atoms with Crippen molar-refractivity contribution in [2.24, 2.45) is 0 Å². The lowest BCUT2D eigenvalue weighted by Gasteiger charge is -2.10. The topological polar surface area (TPSA) is 166 Å². The average molecular weight is 1810 g/mol. The molecule has 136 heavy (non-hydrogen) atoms. The Labute approximate surface area is 793 Å². The zero-order chi connectivity index (χ0) is 90.6. The van der Waals surface area contributed by atoms with Crippen LogP contribution in [0, 0.1) is 45.3 Å². The van der Waals surface area contributed by atoms with Crippen molar-refractivity contribution in [3.63, 3.8) is 0 Å². The molecular formula is C120H68N12S4. The molecule has 0 bridgehead atoms. The van der Waals surface area contributed by atoms with Crippen LogP contribution in [0.4, 0.5) is 0 Å². The van der Waals surface area contributed by atoms with E-state index in [1.807, 2.05) is 106 Å². The van der Waals surface area contributed by atoms with Crippen LogP contribution in [0.1, 0.15) is 22.4 Å². The van der Waals surface area contributed by atoms with Gasteiger partial charge in [0.1, 0.15) is 23.9 Å². The predicted octanol–water partition coefficient (Wildman–Crippen LogP) is 32.3. The lowest BCUT2D eigenvalue weighted by atomic mass is 10.1. The second-order valence-corrected chi connectivity index (χ2v) is 37.7. The molecule has 0 unspecified atom stereocenters. The fourth-order valence-electron chi connectivity index (χ4n) is 19.9. The third-order valence-electron chi connectivity index (χ3n) is 25.9. The van der Waals surface area contributed by atoms with Crippen LogP contribution in [0.5, 0.6) is 0 Å². The van der Waals surface area contributed by atoms with E-state index in [9.17, 15) is 15.8 Å². The third kappa shape index (κ3) is 13.4. The number of thiophene rings is 4. The Morgan fingerprint density at radius 3 is 0.963 bits per heavy atom. The molecule has 0 atom stereocenters. The molecule has 0 fully saturated rings. The van der Waals surface area contributed by atoms with Crippen LogP contribution in [-0.2, 0) is 0 Å². The summed E-state index contributed by atoms with van der Waals surface area (Å²) in [5.74, 6) is 0. The maximum atomic E-state index is 9.58. The van der Waals surface area contributed by atoms with Crippen LogP contribution in [0.3, 0.4) is 0 Å². The first-order valence-electron chi connectivity index (χ1n) is 44.5. The van der Waals surface area contributed by atoms with E-state index in [1.165, 1.54) is 168 Å². The molecule has 0 aliphatic rings. The monoisotopic (exact) mass is 1800 g/mol. The number of benzene rings is 16. The molecule has 28 aromatic rings. The number of nitriles is 4. The van der Waals surface area contributed by atoms with E-state index >= 15 is 0 Å². The van der Waals surface area contributed by atoms with Crippen LogP contribution >= 0.6 is 45.3 Å². The summed E-state index contributed by atoms with van der Waals surface area (Å²) >= 11 is 7.46. The lowest BCUT2D eigenvalue weighted by molar-refractivity contribution is 1.18. The molecule has 632 valence electrons. The molecule has 0 aliphatic carbocycles. The van der Waals surface area contributed by atoms with E-state index in [-0.39, 0.29) is 0 Å². The van der Waals surface area contributed by atoms with Gasteiger partial charge >= 0.3 is 0 Å². The summed E-state index contributed by atoms with van der Waals surface area (Å²) in [4.78, 5) is 18.0. The largest absolute Gasteiger partial charge is 0.309 e. The minimum atomic E-state index is 0.423. The molecular weight excluding hydrogens is 1740 g/mol. The number of hydrogen-bond acceptors (Lipinski definition) is 12. The highest BCUT2D eigenvalue weighted by Gasteiger charge is 2.25. The first kappa shape index (κ1) is 80.3. The third-order valence-corrected chi connectivity index (χ3v) is 30.7. The van der Waals surface area contributed by atoms with Crippen LogP contribution in [0.25, 0.3) is 236 Å². The lowest BCUT2D eigenvalue weighted by Crippen LogP contribution is -1.95. The van der Waals surface area contributed by atoms with Gasteiger partial charge < -0.3 is 18.3 Å². The van der Waals surface area contributed by atoms with Crippen LogP contribution < -0.4 is 0 Å². The van der Waals surface area contributed by atoms with Gasteiger partial charge in [-0.25, -0.2) is 4.98 Å². The van der Waals surface area contributed by atoms with Gasteiger partial charge in [0.05, 0.1) is 89.7 Å². The number of rotatable bonds is 8. The zero-order valence-corrected chi connectivity index (χ0v) is 75.5. The van der Waals surface area contributed by atoms with Gasteiger partial charge in [-0.15, -0.1) is 45.3 Å². The predicted molar refractivity (Wildman–Crippen MR) is 566 cm³/mol. The minimum Gasteiger partial charge on any atom is -0.309 e. The Balaban J connectivity index is 0.0000000965. The normalized spacial score (nSPS) is 11.5. The van der Waals surface area contributed by atoms with Gasteiger partial charge in [0.15, 0.2) is 0 Å². The van der Waals surface area contributed by atoms with Gasteiger partial charge in [-0.2, -0.15) is 21.0 Å². The molecule has 16 aromatic carbocycles. The summed E-state index contributed by atoms with van der Waals surface area (Å²) in [7, 11) is 0. The first-order chi connectivity index (χ1) is 67.3. The van der Waals surface area contributed by atoms with Crippen LogP contribution in [-0.4, -0.2) is 38.2 Å². The second kappa shape index (κ2) is 33.2. The van der Waals surface area contributed by atoms with E-state index in [0.717, 1.165) is 62.1 Å². The molecule has 12 aromatic heterocycles. The van der Waals surface area contributed by atoms with Gasteiger partial charge in [0, 0.05) is 187 Å². The van der Waals surface area contributed by atoms with Crippen molar-refractivity contribution in [2.75, 3.05) is 0 Å². The fraction of sp³-hybridized carbons (Fsp3) is 0. The van der Waals surface area contributed by atoms with Gasteiger partial charge in [-0.1, -0.05) is 224 Å². The van der Waals surface area contributed by atoms with Crippen molar-refractivity contribution >= 4 is 213 Å². The average Bonchev–Trinajstić information content (AvgIpc) is 1.58. The maximum Gasteiger partial charge on any atom is 0.141 e. The highest BCUT2D eigenvalue weighted by atomic mass is 32.1. The van der Waals surface area contributed by atoms with Crippen LogP contribution in [0.2, 0.25) is 0 Å². The Morgan fingerprint density at radius 2 is 0.581 bits per heavy atom. The summed E-state index contributed by atoms with van der Waals surface area (Å²) in [6.45, 7) is 0. The first-order valence-corrected chi connectivity index (χ1v) is 47.8. The summed E-state index contributed by atoms with van der Waals surface area (Å²) in [6, 6.07) is 146. The van der Waals surface area contributed by atoms with E-state index in [2.05, 4.69) is 378 Å². The van der Waals surface area contributed by atoms with Crippen molar-refractivity contribution in [1.29, 1.82) is 21.0 Å². The summed E-state index contributed by atoms with van der Waals surface area (Å²) < 4.78 is 19.9. The minimum absolute atomic E-state index is 0.423. The molecule has 0 aliphatic heterocycles. The van der Waals surface area contributed by atoms with Crippen molar-refractivity contribution in [3.05, 3.63) is 435 Å². The van der Waals surface area contributed by atoms with Crippen molar-refractivity contribution in [2.45, 2.75) is 0 Å². The van der Waals surface area contributed by atoms with Crippen molar-refractivity contribution < 1.29 is 0 Å². The van der Waals surface area contributed by atoms with Gasteiger partial charge in [-0.3, -0.25) is 15.0 Å². The quantitative estimate of drug-likeness (QED) is 0.145. The van der Waals surface area contributed by atoms with E-state index in [1.54, 1.807) is 36.8 Å². The zero-order valence-electron chi connectivity index (χ0n) is 72.3. The number of para-hydroxylation sites is 4. The number of nitrogens with zero attached hydrogens (tertiary/aromatic N) is 12. The smallest absolute Gasteiger partial charge is 0.141 e. The molecule has 0 radical (unpaired) electrons. The maximum absolute atomic E-state index is 9.58. The second-order valence-electron chi connectivity index (χ2n) is 33.5. The highest BCUT2D eigenvalue weighted by molar-refractivity contribution is 7.28. The molecule has 16 heteroatoms. The summed E-state index contributed by atoms with van der Waals surface area (Å²) in [6.07, 6.45) is 5.06. The van der Waals surface area contributed by atoms with Crippen molar-refractivity contribution in [3.8, 4) is 92.1 Å². The van der Waals surface area contributed by atoms with Gasteiger partial charge in [0.2, 0.25) is 0 Å². The molecule has 0 amide bonds. The number of fused-ring (bicyclic) bond motifs is 28. The van der Waals surface area contributed by atoms with E-state index < -0.39 is 0 Å². The fourth-order valence-corrected chi connectivity index (χ4v) is 25.0. The number of pyridine rings is 4. The van der Waals surface area contributed by atoms with Gasteiger partial charge in [-0.05, 0) is 170 Å². The Bertz CT molecular complexity index is 9720. The molecule has 0 N–H and O–H groups in total. The molecule has 0 saturated carbocycles. The highest BCUT2D eigenvalue weighted by Crippen LogP contribution is 2.50.